The normalized spacial score (nSPS) is 10.3. The fourth-order valence-corrected chi connectivity index (χ4v) is 1.53. The molecule has 0 radical (unpaired) electrons. The summed E-state index contributed by atoms with van der Waals surface area (Å²) >= 11 is 0. The molecule has 0 atom stereocenters. The molecule has 0 fully saturated rings. The standard InChI is InChI=1S/C16H21NO3/c1-4-10-17-16(18)9-7-13-6-8-14(20-11-5-2)15(12-13)19-3/h5-9,12H,2,4,10-11H2,1,3H3,(H,17,18). The van der Waals surface area contributed by atoms with Crippen molar-refractivity contribution in [1.29, 1.82) is 0 Å². The van der Waals surface area contributed by atoms with Crippen molar-refractivity contribution in [3.05, 3.63) is 42.5 Å². The number of hydrogen-bond acceptors (Lipinski definition) is 3. The van der Waals surface area contributed by atoms with E-state index in [2.05, 4.69) is 11.9 Å². The lowest BCUT2D eigenvalue weighted by Gasteiger charge is -2.09. The molecule has 0 spiro atoms. The third-order valence-electron chi connectivity index (χ3n) is 2.52. The van der Waals surface area contributed by atoms with Gasteiger partial charge in [0.15, 0.2) is 11.5 Å². The van der Waals surface area contributed by atoms with Crippen molar-refractivity contribution in [2.45, 2.75) is 13.3 Å². The maximum atomic E-state index is 11.5. The number of rotatable bonds is 8. The van der Waals surface area contributed by atoms with Crippen LogP contribution in [0.1, 0.15) is 18.9 Å². The lowest BCUT2D eigenvalue weighted by atomic mass is 10.2. The molecule has 1 aromatic carbocycles. The van der Waals surface area contributed by atoms with Gasteiger partial charge < -0.3 is 14.8 Å². The highest BCUT2D eigenvalue weighted by Crippen LogP contribution is 2.28. The van der Waals surface area contributed by atoms with Gasteiger partial charge in [-0.2, -0.15) is 0 Å². The number of carbonyl (C=O) groups excluding carboxylic acids is 1. The number of benzene rings is 1. The Bertz CT molecular complexity index is 481. The molecule has 0 saturated heterocycles. The van der Waals surface area contributed by atoms with Crippen molar-refractivity contribution < 1.29 is 14.3 Å². The van der Waals surface area contributed by atoms with E-state index in [1.807, 2.05) is 25.1 Å². The molecule has 0 unspecified atom stereocenters. The Morgan fingerprint density at radius 2 is 2.20 bits per heavy atom. The maximum absolute atomic E-state index is 11.5. The highest BCUT2D eigenvalue weighted by molar-refractivity contribution is 5.91. The molecule has 0 heterocycles. The van der Waals surface area contributed by atoms with Gasteiger partial charge in [0.05, 0.1) is 7.11 Å². The van der Waals surface area contributed by atoms with Gasteiger partial charge >= 0.3 is 0 Å². The first kappa shape index (κ1) is 15.8. The van der Waals surface area contributed by atoms with Gasteiger partial charge in [-0.05, 0) is 30.2 Å². The zero-order chi connectivity index (χ0) is 14.8. The van der Waals surface area contributed by atoms with Crippen LogP contribution in [-0.2, 0) is 4.79 Å². The van der Waals surface area contributed by atoms with Gasteiger partial charge in [0.25, 0.3) is 0 Å². The van der Waals surface area contributed by atoms with Crippen molar-refractivity contribution in [2.24, 2.45) is 0 Å². The summed E-state index contributed by atoms with van der Waals surface area (Å²) in [7, 11) is 1.58. The van der Waals surface area contributed by atoms with Crippen LogP contribution >= 0.6 is 0 Å². The zero-order valence-corrected chi connectivity index (χ0v) is 12.0. The number of amides is 1. The lowest BCUT2D eigenvalue weighted by molar-refractivity contribution is -0.116. The van der Waals surface area contributed by atoms with E-state index in [-0.39, 0.29) is 5.91 Å². The van der Waals surface area contributed by atoms with Crippen LogP contribution in [0.3, 0.4) is 0 Å². The molecular formula is C16H21NO3. The first-order chi connectivity index (χ1) is 9.71. The number of ether oxygens (including phenoxy) is 2. The van der Waals surface area contributed by atoms with Gasteiger partial charge in [-0.25, -0.2) is 0 Å². The Kier molecular flexibility index (Phi) is 6.96. The molecule has 0 saturated carbocycles. The molecule has 1 amide bonds. The third kappa shape index (κ3) is 5.18. The minimum atomic E-state index is -0.0993. The molecule has 0 aliphatic heterocycles. The van der Waals surface area contributed by atoms with Gasteiger partial charge in [-0.1, -0.05) is 25.6 Å². The molecule has 1 N–H and O–H groups in total. The Labute approximate surface area is 120 Å². The van der Waals surface area contributed by atoms with Crippen LogP contribution in [0.4, 0.5) is 0 Å². The zero-order valence-electron chi connectivity index (χ0n) is 12.0. The van der Waals surface area contributed by atoms with Crippen LogP contribution in [-0.4, -0.2) is 26.2 Å². The van der Waals surface area contributed by atoms with Gasteiger partial charge in [-0.15, -0.1) is 0 Å². The van der Waals surface area contributed by atoms with Crippen LogP contribution in [0, 0.1) is 0 Å². The van der Waals surface area contributed by atoms with E-state index in [4.69, 9.17) is 9.47 Å². The van der Waals surface area contributed by atoms with Crippen LogP contribution in [0.2, 0.25) is 0 Å². The van der Waals surface area contributed by atoms with Crippen LogP contribution < -0.4 is 14.8 Å². The Morgan fingerprint density at radius 1 is 1.40 bits per heavy atom. The summed E-state index contributed by atoms with van der Waals surface area (Å²) in [6, 6.07) is 5.50. The molecule has 1 rings (SSSR count). The lowest BCUT2D eigenvalue weighted by Crippen LogP contribution is -2.21. The van der Waals surface area contributed by atoms with E-state index in [0.717, 1.165) is 12.0 Å². The molecule has 4 nitrogen and oxygen atoms in total. The van der Waals surface area contributed by atoms with Gasteiger partial charge in [-0.3, -0.25) is 4.79 Å². The fraction of sp³-hybridized carbons (Fsp3) is 0.312. The average Bonchev–Trinajstić information content (AvgIpc) is 2.49. The second kappa shape index (κ2) is 8.80. The summed E-state index contributed by atoms with van der Waals surface area (Å²) in [5.41, 5.74) is 0.874. The molecular weight excluding hydrogens is 254 g/mol. The Hall–Kier alpha value is -2.23. The van der Waals surface area contributed by atoms with Crippen LogP contribution in [0.25, 0.3) is 6.08 Å². The van der Waals surface area contributed by atoms with Crippen LogP contribution in [0.15, 0.2) is 36.9 Å². The van der Waals surface area contributed by atoms with E-state index in [0.29, 0.717) is 24.7 Å². The smallest absolute Gasteiger partial charge is 0.243 e. The number of nitrogens with one attached hydrogen (secondary N) is 1. The quantitative estimate of drug-likeness (QED) is 0.586. The van der Waals surface area contributed by atoms with Crippen molar-refractivity contribution >= 4 is 12.0 Å². The highest BCUT2D eigenvalue weighted by Gasteiger charge is 2.04. The van der Waals surface area contributed by atoms with Crippen molar-refractivity contribution in [3.8, 4) is 11.5 Å². The summed E-state index contributed by atoms with van der Waals surface area (Å²) in [4.78, 5) is 11.5. The summed E-state index contributed by atoms with van der Waals surface area (Å²) in [5, 5.41) is 2.78. The van der Waals surface area contributed by atoms with Gasteiger partial charge in [0.2, 0.25) is 5.91 Å². The van der Waals surface area contributed by atoms with E-state index >= 15 is 0 Å². The van der Waals surface area contributed by atoms with Crippen molar-refractivity contribution in [3.63, 3.8) is 0 Å². The average molecular weight is 275 g/mol. The molecule has 0 aliphatic carbocycles. The monoisotopic (exact) mass is 275 g/mol. The predicted octanol–water partition coefficient (Wildman–Crippen LogP) is 2.80. The number of carbonyl (C=O) groups is 1. The van der Waals surface area contributed by atoms with Crippen molar-refractivity contribution in [1.82, 2.24) is 5.32 Å². The van der Waals surface area contributed by atoms with Gasteiger partial charge in [0, 0.05) is 12.6 Å². The molecule has 0 bridgehead atoms. The van der Waals surface area contributed by atoms with Crippen LogP contribution in [0.5, 0.6) is 11.5 Å². The van der Waals surface area contributed by atoms with E-state index in [1.165, 1.54) is 6.08 Å². The summed E-state index contributed by atoms with van der Waals surface area (Å²) in [6.07, 6.45) is 5.84. The second-order valence-electron chi connectivity index (χ2n) is 4.13. The Morgan fingerprint density at radius 3 is 2.85 bits per heavy atom. The molecule has 0 aliphatic rings. The SMILES string of the molecule is C=CCOc1ccc(C=CC(=O)NCCC)cc1OC. The van der Waals surface area contributed by atoms with E-state index < -0.39 is 0 Å². The molecule has 0 aromatic heterocycles. The Balaban J connectivity index is 2.74. The largest absolute Gasteiger partial charge is 0.493 e. The maximum Gasteiger partial charge on any atom is 0.243 e. The van der Waals surface area contributed by atoms with E-state index in [1.54, 1.807) is 19.3 Å². The van der Waals surface area contributed by atoms with Crippen molar-refractivity contribution in [2.75, 3.05) is 20.3 Å². The summed E-state index contributed by atoms with van der Waals surface area (Å²) in [6.45, 7) is 6.71. The highest BCUT2D eigenvalue weighted by atomic mass is 16.5. The first-order valence-corrected chi connectivity index (χ1v) is 6.59. The second-order valence-corrected chi connectivity index (χ2v) is 4.13. The molecule has 1 aromatic rings. The minimum absolute atomic E-state index is 0.0993. The molecule has 108 valence electrons. The first-order valence-electron chi connectivity index (χ1n) is 6.59. The fourth-order valence-electron chi connectivity index (χ4n) is 1.53. The number of methoxy groups -OCH3 is 1. The minimum Gasteiger partial charge on any atom is -0.493 e. The van der Waals surface area contributed by atoms with E-state index in [9.17, 15) is 4.79 Å². The third-order valence-corrected chi connectivity index (χ3v) is 2.52. The topological polar surface area (TPSA) is 47.6 Å². The predicted molar refractivity (Wildman–Crippen MR) is 81.0 cm³/mol. The number of hydrogen-bond donors (Lipinski definition) is 1. The molecule has 20 heavy (non-hydrogen) atoms. The molecule has 4 heteroatoms. The summed E-state index contributed by atoms with van der Waals surface area (Å²) in [5.74, 6) is 1.18. The summed E-state index contributed by atoms with van der Waals surface area (Å²) < 4.78 is 10.7. The van der Waals surface area contributed by atoms with Gasteiger partial charge in [0.1, 0.15) is 6.61 Å².